The number of pyridine rings is 1. The normalized spacial score (nSPS) is 11.3. The highest BCUT2D eigenvalue weighted by atomic mass is 32.2. The molecule has 30 heavy (non-hydrogen) atoms. The van der Waals surface area contributed by atoms with Crippen molar-refractivity contribution in [2.45, 2.75) is 4.90 Å². The number of anilines is 1. The van der Waals surface area contributed by atoms with E-state index in [-0.39, 0.29) is 11.6 Å². The number of hydrogen-bond acceptors (Lipinski definition) is 6. The summed E-state index contributed by atoms with van der Waals surface area (Å²) < 4.78 is 0. The van der Waals surface area contributed by atoms with Gasteiger partial charge in [-0.2, -0.15) is 5.26 Å². The van der Waals surface area contributed by atoms with Crippen LogP contribution in [0.25, 0.3) is 22.8 Å². The Balaban J connectivity index is 1.63. The first-order chi connectivity index (χ1) is 14.7. The number of nitriles is 1. The number of carbonyl (C=O) groups is 1. The molecular formula is C22H16N6OS. The average molecular weight is 412 g/mol. The molecule has 4 rings (SSSR count). The molecule has 8 heteroatoms. The molecule has 0 spiro atoms. The number of carbonyl (C=O) groups excluding carboxylic acids is 1. The van der Waals surface area contributed by atoms with Crippen molar-refractivity contribution in [3.05, 3.63) is 78.1 Å². The maximum atomic E-state index is 12.7. The molecule has 7 nitrogen and oxygen atoms in total. The number of nitrogens with one attached hydrogen (secondary N) is 1. The topological polar surface area (TPSA) is 96.5 Å². The Morgan fingerprint density at radius 2 is 1.90 bits per heavy atom. The second-order valence-electron chi connectivity index (χ2n) is 6.24. The van der Waals surface area contributed by atoms with Gasteiger partial charge in [0.15, 0.2) is 5.70 Å². The van der Waals surface area contributed by atoms with Crippen LogP contribution in [0.5, 0.6) is 0 Å². The lowest BCUT2D eigenvalue weighted by Crippen LogP contribution is -2.12. The Labute approximate surface area is 177 Å². The SMILES string of the molecule is CSc1ccccc1NC(=O)c1ccc2nn(/C(C#N)=C/c3ccccn3)nc2c1. The van der Waals surface area contributed by atoms with E-state index in [0.717, 1.165) is 10.6 Å². The summed E-state index contributed by atoms with van der Waals surface area (Å²) in [6.07, 6.45) is 5.21. The molecule has 0 fully saturated rings. The van der Waals surface area contributed by atoms with E-state index in [4.69, 9.17) is 0 Å². The molecule has 2 aromatic carbocycles. The lowest BCUT2D eigenvalue weighted by Gasteiger charge is -2.09. The van der Waals surface area contributed by atoms with Gasteiger partial charge >= 0.3 is 0 Å². The van der Waals surface area contributed by atoms with Crippen LogP contribution in [0.3, 0.4) is 0 Å². The van der Waals surface area contributed by atoms with Crippen LogP contribution in [0.4, 0.5) is 5.69 Å². The first kappa shape index (κ1) is 19.4. The molecule has 0 radical (unpaired) electrons. The third-order valence-corrected chi connectivity index (χ3v) is 5.10. The molecule has 4 aromatic rings. The lowest BCUT2D eigenvalue weighted by molar-refractivity contribution is 0.102. The number of allylic oxidation sites excluding steroid dienone is 1. The Kier molecular flexibility index (Phi) is 5.54. The van der Waals surface area contributed by atoms with Gasteiger partial charge in [0.25, 0.3) is 5.91 Å². The molecular weight excluding hydrogens is 396 g/mol. The van der Waals surface area contributed by atoms with E-state index in [9.17, 15) is 10.1 Å². The van der Waals surface area contributed by atoms with Crippen LogP contribution in [0, 0.1) is 11.3 Å². The van der Waals surface area contributed by atoms with Gasteiger partial charge in [-0.05, 0) is 48.7 Å². The zero-order valence-electron chi connectivity index (χ0n) is 16.0. The average Bonchev–Trinajstić information content (AvgIpc) is 3.21. The molecule has 0 unspecified atom stereocenters. The minimum Gasteiger partial charge on any atom is -0.321 e. The van der Waals surface area contributed by atoms with Crippen LogP contribution in [0.1, 0.15) is 16.1 Å². The number of aromatic nitrogens is 4. The Morgan fingerprint density at radius 1 is 1.10 bits per heavy atom. The number of rotatable bonds is 5. The summed E-state index contributed by atoms with van der Waals surface area (Å²) in [7, 11) is 0. The number of hydrogen-bond donors (Lipinski definition) is 1. The van der Waals surface area contributed by atoms with Crippen LogP contribution in [-0.2, 0) is 0 Å². The first-order valence-electron chi connectivity index (χ1n) is 9.02. The third kappa shape index (κ3) is 4.06. The standard InChI is InChI=1S/C22H16N6OS/c1-30-21-8-3-2-7-19(21)25-22(29)15-9-10-18-20(12-15)27-28(26-18)17(14-23)13-16-6-4-5-11-24-16/h2-13H,1H3,(H,25,29)/b17-13+. The molecule has 0 bridgehead atoms. The van der Waals surface area contributed by atoms with Gasteiger partial charge in [0, 0.05) is 22.7 Å². The minimum atomic E-state index is -0.238. The quantitative estimate of drug-likeness (QED) is 0.387. The molecule has 0 atom stereocenters. The Morgan fingerprint density at radius 3 is 2.67 bits per heavy atom. The van der Waals surface area contributed by atoms with Crippen molar-refractivity contribution in [2.75, 3.05) is 11.6 Å². The highest BCUT2D eigenvalue weighted by Gasteiger charge is 2.13. The van der Waals surface area contributed by atoms with Crippen molar-refractivity contribution in [1.29, 1.82) is 5.26 Å². The van der Waals surface area contributed by atoms with E-state index in [1.165, 1.54) is 4.80 Å². The number of amides is 1. The molecule has 0 aliphatic heterocycles. The fourth-order valence-corrected chi connectivity index (χ4v) is 3.40. The van der Waals surface area contributed by atoms with E-state index in [1.807, 2.05) is 36.6 Å². The summed E-state index contributed by atoms with van der Waals surface area (Å²) in [5.41, 5.74) is 3.16. The summed E-state index contributed by atoms with van der Waals surface area (Å²) in [6.45, 7) is 0. The van der Waals surface area contributed by atoms with E-state index in [2.05, 4.69) is 26.6 Å². The summed E-state index contributed by atoms with van der Waals surface area (Å²) in [5.74, 6) is -0.238. The third-order valence-electron chi connectivity index (χ3n) is 4.30. The predicted molar refractivity (Wildman–Crippen MR) is 118 cm³/mol. The smallest absolute Gasteiger partial charge is 0.255 e. The summed E-state index contributed by atoms with van der Waals surface area (Å²) in [6, 6.07) is 20.2. The fraction of sp³-hybridized carbons (Fsp3) is 0.0455. The van der Waals surface area contributed by atoms with Crippen molar-refractivity contribution in [3.63, 3.8) is 0 Å². The van der Waals surface area contributed by atoms with E-state index >= 15 is 0 Å². The van der Waals surface area contributed by atoms with Crippen molar-refractivity contribution >= 4 is 46.2 Å². The van der Waals surface area contributed by atoms with Crippen molar-refractivity contribution < 1.29 is 4.79 Å². The summed E-state index contributed by atoms with van der Waals surface area (Å²) >= 11 is 1.56. The highest BCUT2D eigenvalue weighted by molar-refractivity contribution is 7.98. The maximum Gasteiger partial charge on any atom is 0.255 e. The zero-order valence-corrected chi connectivity index (χ0v) is 16.8. The van der Waals surface area contributed by atoms with Gasteiger partial charge in [0.1, 0.15) is 17.1 Å². The first-order valence-corrected chi connectivity index (χ1v) is 10.2. The molecule has 0 saturated heterocycles. The van der Waals surface area contributed by atoms with E-state index < -0.39 is 0 Å². The van der Waals surface area contributed by atoms with Gasteiger partial charge in [0.05, 0.1) is 11.4 Å². The number of thioether (sulfide) groups is 1. The number of para-hydroxylation sites is 1. The van der Waals surface area contributed by atoms with Crippen molar-refractivity contribution in [3.8, 4) is 6.07 Å². The van der Waals surface area contributed by atoms with Crippen molar-refractivity contribution in [2.24, 2.45) is 0 Å². The van der Waals surface area contributed by atoms with Crippen LogP contribution < -0.4 is 5.32 Å². The van der Waals surface area contributed by atoms with Gasteiger partial charge in [-0.3, -0.25) is 9.78 Å². The second kappa shape index (κ2) is 8.59. The van der Waals surface area contributed by atoms with Crippen LogP contribution >= 0.6 is 11.8 Å². The summed E-state index contributed by atoms with van der Waals surface area (Å²) in [5, 5.41) is 21.1. The molecule has 1 amide bonds. The molecule has 0 saturated carbocycles. The Bertz CT molecular complexity index is 1290. The van der Waals surface area contributed by atoms with Crippen LogP contribution in [0.2, 0.25) is 0 Å². The largest absolute Gasteiger partial charge is 0.321 e. The molecule has 0 aliphatic rings. The Hall–Kier alpha value is -3.96. The fourth-order valence-electron chi connectivity index (χ4n) is 2.84. The van der Waals surface area contributed by atoms with Gasteiger partial charge in [0.2, 0.25) is 0 Å². The van der Waals surface area contributed by atoms with E-state index in [1.54, 1.807) is 54.4 Å². The minimum absolute atomic E-state index is 0.227. The molecule has 2 aromatic heterocycles. The second-order valence-corrected chi connectivity index (χ2v) is 7.09. The molecule has 2 heterocycles. The number of fused-ring (bicyclic) bond motifs is 1. The zero-order chi connectivity index (χ0) is 20.9. The van der Waals surface area contributed by atoms with Crippen LogP contribution in [0.15, 0.2) is 71.8 Å². The summed E-state index contributed by atoms with van der Waals surface area (Å²) in [4.78, 5) is 19.1. The van der Waals surface area contributed by atoms with Gasteiger partial charge in [-0.1, -0.05) is 18.2 Å². The predicted octanol–water partition coefficient (Wildman–Crippen LogP) is 4.32. The molecule has 0 aliphatic carbocycles. The highest BCUT2D eigenvalue weighted by Crippen LogP contribution is 2.25. The van der Waals surface area contributed by atoms with Crippen LogP contribution in [-0.4, -0.2) is 32.1 Å². The number of benzene rings is 2. The molecule has 146 valence electrons. The molecule has 1 N–H and O–H groups in total. The van der Waals surface area contributed by atoms with Crippen molar-refractivity contribution in [1.82, 2.24) is 20.0 Å². The number of nitrogens with zero attached hydrogens (tertiary/aromatic N) is 5. The maximum absolute atomic E-state index is 12.7. The monoisotopic (exact) mass is 412 g/mol. The van der Waals surface area contributed by atoms with E-state index in [0.29, 0.717) is 22.3 Å². The van der Waals surface area contributed by atoms with Gasteiger partial charge in [-0.15, -0.1) is 26.8 Å². The van der Waals surface area contributed by atoms with Gasteiger partial charge < -0.3 is 5.32 Å². The lowest BCUT2D eigenvalue weighted by atomic mass is 10.2. The van der Waals surface area contributed by atoms with Gasteiger partial charge in [-0.25, -0.2) is 0 Å².